The number of rotatable bonds is 6. The minimum atomic E-state index is -0.956. The van der Waals surface area contributed by atoms with Gasteiger partial charge in [0.25, 0.3) is 0 Å². The van der Waals surface area contributed by atoms with E-state index in [1.165, 1.54) is 0 Å². The number of carboxylic acids is 1. The standard InChI is InChI=1S/C9H20N2O2/c1-4-9(3,5-2)11-6-7(10)8(12)13/h7,11H,4-6,10H2,1-3H3,(H,12,13). The predicted octanol–water partition coefficient (Wildman–Crippen LogP) is 0.567. The minimum Gasteiger partial charge on any atom is -0.480 e. The number of hydrogen-bond donors (Lipinski definition) is 3. The summed E-state index contributed by atoms with van der Waals surface area (Å²) in [5.74, 6) is -0.956. The monoisotopic (exact) mass is 188 g/mol. The number of aliphatic carboxylic acids is 1. The molecular formula is C9H20N2O2. The lowest BCUT2D eigenvalue weighted by Crippen LogP contribution is -2.49. The Labute approximate surface area is 79.5 Å². The third-order valence-corrected chi connectivity index (χ3v) is 2.63. The molecule has 0 saturated heterocycles. The summed E-state index contributed by atoms with van der Waals surface area (Å²) < 4.78 is 0. The highest BCUT2D eigenvalue weighted by Crippen LogP contribution is 2.12. The van der Waals surface area contributed by atoms with E-state index in [9.17, 15) is 4.79 Å². The number of carboxylic acid groups (broad SMARTS) is 1. The molecule has 0 aliphatic rings. The molecule has 0 radical (unpaired) electrons. The van der Waals surface area contributed by atoms with E-state index in [4.69, 9.17) is 10.8 Å². The van der Waals surface area contributed by atoms with Gasteiger partial charge in [0.2, 0.25) is 0 Å². The van der Waals surface area contributed by atoms with Gasteiger partial charge in [-0.05, 0) is 19.8 Å². The molecule has 0 aromatic carbocycles. The highest BCUT2D eigenvalue weighted by Gasteiger charge is 2.21. The first-order valence-corrected chi connectivity index (χ1v) is 4.68. The molecule has 0 aromatic rings. The molecule has 13 heavy (non-hydrogen) atoms. The Kier molecular flexibility index (Phi) is 4.95. The second-order valence-corrected chi connectivity index (χ2v) is 3.59. The van der Waals surface area contributed by atoms with Crippen LogP contribution in [0.4, 0.5) is 0 Å². The van der Waals surface area contributed by atoms with Gasteiger partial charge < -0.3 is 16.2 Å². The maximum absolute atomic E-state index is 10.4. The summed E-state index contributed by atoms with van der Waals surface area (Å²) in [4.78, 5) is 10.4. The van der Waals surface area contributed by atoms with Crippen molar-refractivity contribution < 1.29 is 9.90 Å². The van der Waals surface area contributed by atoms with Crippen LogP contribution in [0.2, 0.25) is 0 Å². The molecule has 0 amide bonds. The molecule has 0 saturated carbocycles. The first kappa shape index (κ1) is 12.4. The van der Waals surface area contributed by atoms with Crippen LogP contribution >= 0.6 is 0 Å². The van der Waals surface area contributed by atoms with Crippen LogP contribution in [0.5, 0.6) is 0 Å². The van der Waals surface area contributed by atoms with Gasteiger partial charge in [0.15, 0.2) is 0 Å². The molecule has 0 aliphatic heterocycles. The molecule has 0 fully saturated rings. The average Bonchev–Trinajstić information content (AvgIpc) is 2.13. The molecule has 1 unspecified atom stereocenters. The third kappa shape index (κ3) is 4.24. The molecule has 0 heterocycles. The van der Waals surface area contributed by atoms with Crippen LogP contribution in [0.15, 0.2) is 0 Å². The van der Waals surface area contributed by atoms with Crippen molar-refractivity contribution in [1.29, 1.82) is 0 Å². The van der Waals surface area contributed by atoms with Gasteiger partial charge in [0.1, 0.15) is 6.04 Å². The number of nitrogens with two attached hydrogens (primary N) is 1. The fraction of sp³-hybridized carbons (Fsp3) is 0.889. The lowest BCUT2D eigenvalue weighted by Gasteiger charge is -2.29. The van der Waals surface area contributed by atoms with Gasteiger partial charge in [-0.15, -0.1) is 0 Å². The lowest BCUT2D eigenvalue weighted by molar-refractivity contribution is -0.138. The van der Waals surface area contributed by atoms with Crippen molar-refractivity contribution in [1.82, 2.24) is 5.32 Å². The first-order valence-electron chi connectivity index (χ1n) is 4.68. The second kappa shape index (κ2) is 5.19. The maximum Gasteiger partial charge on any atom is 0.321 e. The summed E-state index contributed by atoms with van der Waals surface area (Å²) in [6.07, 6.45) is 1.94. The molecule has 0 spiro atoms. The summed E-state index contributed by atoms with van der Waals surface area (Å²) >= 11 is 0. The van der Waals surface area contributed by atoms with E-state index in [1.54, 1.807) is 0 Å². The van der Waals surface area contributed by atoms with Gasteiger partial charge in [-0.1, -0.05) is 13.8 Å². The quantitative estimate of drug-likeness (QED) is 0.569. The number of hydrogen-bond acceptors (Lipinski definition) is 3. The molecule has 0 aliphatic carbocycles. The van der Waals surface area contributed by atoms with Gasteiger partial charge in [-0.25, -0.2) is 0 Å². The third-order valence-electron chi connectivity index (χ3n) is 2.63. The Hall–Kier alpha value is -0.610. The normalized spacial score (nSPS) is 14.2. The van der Waals surface area contributed by atoms with E-state index >= 15 is 0 Å². The summed E-state index contributed by atoms with van der Waals surface area (Å²) in [7, 11) is 0. The van der Waals surface area contributed by atoms with Crippen molar-refractivity contribution >= 4 is 5.97 Å². The average molecular weight is 188 g/mol. The van der Waals surface area contributed by atoms with E-state index in [0.717, 1.165) is 12.8 Å². The van der Waals surface area contributed by atoms with Crippen LogP contribution in [0.25, 0.3) is 0 Å². The summed E-state index contributed by atoms with van der Waals surface area (Å²) in [5, 5.41) is 11.7. The van der Waals surface area contributed by atoms with Crippen molar-refractivity contribution in [2.75, 3.05) is 6.54 Å². The van der Waals surface area contributed by atoms with E-state index in [1.807, 2.05) is 0 Å². The van der Waals surface area contributed by atoms with Crippen LogP contribution < -0.4 is 11.1 Å². The zero-order valence-electron chi connectivity index (χ0n) is 8.63. The van der Waals surface area contributed by atoms with E-state index in [0.29, 0.717) is 6.54 Å². The molecule has 0 bridgehead atoms. The summed E-state index contributed by atoms with van der Waals surface area (Å²) in [6.45, 7) is 6.54. The zero-order valence-corrected chi connectivity index (χ0v) is 8.63. The topological polar surface area (TPSA) is 75.3 Å². The van der Waals surface area contributed by atoms with Crippen LogP contribution in [-0.2, 0) is 4.79 Å². The second-order valence-electron chi connectivity index (χ2n) is 3.59. The molecule has 4 heteroatoms. The van der Waals surface area contributed by atoms with Crippen molar-refractivity contribution in [3.63, 3.8) is 0 Å². The summed E-state index contributed by atoms with van der Waals surface area (Å²) in [5.41, 5.74) is 5.38. The van der Waals surface area contributed by atoms with Crippen molar-refractivity contribution in [2.45, 2.75) is 45.2 Å². The Morgan fingerprint density at radius 1 is 1.54 bits per heavy atom. The number of nitrogens with one attached hydrogen (secondary N) is 1. The van der Waals surface area contributed by atoms with Crippen LogP contribution in [0.1, 0.15) is 33.6 Å². The minimum absolute atomic E-state index is 0.00701. The Morgan fingerprint density at radius 3 is 2.31 bits per heavy atom. The van der Waals surface area contributed by atoms with Crippen molar-refractivity contribution in [2.24, 2.45) is 5.73 Å². The molecule has 78 valence electrons. The van der Waals surface area contributed by atoms with E-state index < -0.39 is 12.0 Å². The SMILES string of the molecule is CCC(C)(CC)NCC(N)C(=O)O. The highest BCUT2D eigenvalue weighted by molar-refractivity contribution is 5.73. The van der Waals surface area contributed by atoms with Crippen LogP contribution in [0, 0.1) is 0 Å². The van der Waals surface area contributed by atoms with Gasteiger partial charge in [-0.2, -0.15) is 0 Å². The Morgan fingerprint density at radius 2 is 2.00 bits per heavy atom. The first-order chi connectivity index (χ1) is 5.95. The van der Waals surface area contributed by atoms with Crippen molar-refractivity contribution in [3.8, 4) is 0 Å². The van der Waals surface area contributed by atoms with Gasteiger partial charge >= 0.3 is 5.97 Å². The molecule has 4 nitrogen and oxygen atoms in total. The number of carbonyl (C=O) groups is 1. The highest BCUT2D eigenvalue weighted by atomic mass is 16.4. The van der Waals surface area contributed by atoms with E-state index in [-0.39, 0.29) is 5.54 Å². The Bertz CT molecular complexity index is 167. The fourth-order valence-corrected chi connectivity index (χ4v) is 0.944. The Balaban J connectivity index is 3.92. The van der Waals surface area contributed by atoms with Gasteiger partial charge in [-0.3, -0.25) is 4.79 Å². The molecular weight excluding hydrogens is 168 g/mol. The predicted molar refractivity (Wildman–Crippen MR) is 52.6 cm³/mol. The molecule has 1 atom stereocenters. The largest absolute Gasteiger partial charge is 0.480 e. The lowest BCUT2D eigenvalue weighted by atomic mass is 9.95. The summed E-state index contributed by atoms with van der Waals surface area (Å²) in [6, 6.07) is -0.808. The van der Waals surface area contributed by atoms with Crippen LogP contribution in [-0.4, -0.2) is 29.2 Å². The maximum atomic E-state index is 10.4. The molecule has 4 N–H and O–H groups in total. The molecule has 0 aromatic heterocycles. The van der Waals surface area contributed by atoms with Gasteiger partial charge in [0.05, 0.1) is 0 Å². The fourth-order valence-electron chi connectivity index (χ4n) is 0.944. The molecule has 0 rings (SSSR count). The van der Waals surface area contributed by atoms with Gasteiger partial charge in [0, 0.05) is 12.1 Å². The van der Waals surface area contributed by atoms with Crippen molar-refractivity contribution in [3.05, 3.63) is 0 Å². The smallest absolute Gasteiger partial charge is 0.321 e. The zero-order chi connectivity index (χ0) is 10.5. The van der Waals surface area contributed by atoms with Crippen LogP contribution in [0.3, 0.4) is 0 Å². The van der Waals surface area contributed by atoms with E-state index in [2.05, 4.69) is 26.1 Å².